The van der Waals surface area contributed by atoms with Gasteiger partial charge in [-0.05, 0) is 37.1 Å². The van der Waals surface area contributed by atoms with E-state index >= 15 is 0 Å². The highest BCUT2D eigenvalue weighted by Crippen LogP contribution is 2.27. The molecule has 0 saturated carbocycles. The predicted molar refractivity (Wildman–Crippen MR) is 111 cm³/mol. The average Bonchev–Trinajstić information content (AvgIpc) is 2.67. The van der Waals surface area contributed by atoms with Crippen molar-refractivity contribution in [1.82, 2.24) is 9.21 Å². The normalized spacial score (nSPS) is 12.1. The van der Waals surface area contributed by atoms with E-state index in [1.165, 1.54) is 52.2 Å². The summed E-state index contributed by atoms with van der Waals surface area (Å²) in [6.07, 6.45) is -4.78. The third-order valence-electron chi connectivity index (χ3n) is 4.83. The fraction of sp³-hybridized carbons (Fsp3) is 0.350. The summed E-state index contributed by atoms with van der Waals surface area (Å²) in [6.45, 7) is 0.719. The molecule has 0 aliphatic carbocycles. The third-order valence-corrected chi connectivity index (χ3v) is 6.77. The van der Waals surface area contributed by atoms with Crippen molar-refractivity contribution in [2.24, 2.45) is 0 Å². The Kier molecular flexibility index (Phi) is 7.30. The van der Waals surface area contributed by atoms with Crippen LogP contribution >= 0.6 is 0 Å². The molecule has 32 heavy (non-hydrogen) atoms. The lowest BCUT2D eigenvalue weighted by molar-refractivity contribution is -0.385. The lowest BCUT2D eigenvalue weighted by atomic mass is 10.0. The number of sulfonamides is 1. The van der Waals surface area contributed by atoms with Crippen LogP contribution < -0.4 is 0 Å². The van der Waals surface area contributed by atoms with Gasteiger partial charge in [0.05, 0.1) is 16.4 Å². The zero-order valence-corrected chi connectivity index (χ0v) is 18.6. The van der Waals surface area contributed by atoms with E-state index in [1.807, 2.05) is 0 Å². The first-order valence-corrected chi connectivity index (χ1v) is 10.7. The summed E-state index contributed by atoms with van der Waals surface area (Å²) in [5, 5.41) is 11.2. The topological polar surface area (TPSA) is 101 Å². The lowest BCUT2D eigenvalue weighted by Gasteiger charge is -2.25. The van der Waals surface area contributed by atoms with E-state index in [-0.39, 0.29) is 16.0 Å². The number of alkyl halides is 3. The van der Waals surface area contributed by atoms with E-state index in [0.717, 1.165) is 16.4 Å². The minimum atomic E-state index is -4.78. The van der Waals surface area contributed by atoms with Crippen LogP contribution in [0.2, 0.25) is 0 Å². The van der Waals surface area contributed by atoms with Crippen molar-refractivity contribution in [1.29, 1.82) is 0 Å². The van der Waals surface area contributed by atoms with Crippen LogP contribution in [0.1, 0.15) is 27.0 Å². The van der Waals surface area contributed by atoms with Crippen LogP contribution in [0.5, 0.6) is 0 Å². The van der Waals surface area contributed by atoms with Crippen molar-refractivity contribution in [3.8, 4) is 0 Å². The Morgan fingerprint density at radius 2 is 1.72 bits per heavy atom. The van der Waals surface area contributed by atoms with Crippen LogP contribution in [-0.2, 0) is 16.6 Å². The Hall–Kier alpha value is -2.99. The highest BCUT2D eigenvalue weighted by Gasteiger charge is 2.35. The molecule has 0 bridgehead atoms. The van der Waals surface area contributed by atoms with Crippen molar-refractivity contribution >= 4 is 21.6 Å². The number of benzene rings is 2. The maximum absolute atomic E-state index is 13.2. The lowest BCUT2D eigenvalue weighted by Crippen LogP contribution is -2.38. The second kappa shape index (κ2) is 9.25. The molecule has 0 radical (unpaired) electrons. The molecule has 2 aromatic rings. The molecule has 0 aliphatic rings. The highest BCUT2D eigenvalue weighted by atomic mass is 32.2. The Morgan fingerprint density at radius 1 is 1.12 bits per heavy atom. The van der Waals surface area contributed by atoms with Crippen molar-refractivity contribution < 1.29 is 31.3 Å². The number of hydrogen-bond donors (Lipinski definition) is 0. The number of amides is 1. The molecule has 0 fully saturated rings. The van der Waals surface area contributed by atoms with E-state index in [1.54, 1.807) is 0 Å². The van der Waals surface area contributed by atoms with Crippen LogP contribution in [0, 0.1) is 24.0 Å². The predicted octanol–water partition coefficient (Wildman–Crippen LogP) is 3.67. The number of nitro groups is 1. The van der Waals surface area contributed by atoms with Crippen LogP contribution in [0.3, 0.4) is 0 Å². The van der Waals surface area contributed by atoms with Gasteiger partial charge in [-0.2, -0.15) is 13.2 Å². The molecule has 0 heterocycles. The van der Waals surface area contributed by atoms with Crippen molar-refractivity contribution in [3.05, 3.63) is 68.8 Å². The number of nitrogens with zero attached hydrogens (tertiary/aromatic N) is 3. The number of hydrogen-bond acceptors (Lipinski definition) is 5. The van der Waals surface area contributed by atoms with E-state index in [0.29, 0.717) is 16.0 Å². The Balaban J connectivity index is 2.59. The number of nitro benzene ring substituents is 1. The number of para-hydroxylation sites is 1. The molecule has 8 nitrogen and oxygen atoms in total. The molecule has 0 aromatic heterocycles. The molecule has 0 saturated heterocycles. The molecular formula is C20H22F3N3O5S. The molecule has 0 atom stereocenters. The standard InChI is InChI=1S/C20H22F3N3O5S/c1-13-9-16(10-18(14(13)2)32(30,31)24(3)4)19(27)25(12-20(21,22)23)11-15-7-5-6-8-17(15)26(28)29/h5-10H,11-12H2,1-4H3. The van der Waals surface area contributed by atoms with Gasteiger partial charge in [0.15, 0.2) is 0 Å². The third kappa shape index (κ3) is 5.62. The average molecular weight is 473 g/mol. The van der Waals surface area contributed by atoms with Crippen LogP contribution in [-0.4, -0.2) is 55.3 Å². The Labute approximate surface area is 183 Å². The molecular weight excluding hydrogens is 451 g/mol. The van der Waals surface area contributed by atoms with E-state index in [9.17, 15) is 36.5 Å². The SMILES string of the molecule is Cc1cc(C(=O)N(Cc2ccccc2[N+](=O)[O-])CC(F)(F)F)cc(S(=O)(=O)N(C)C)c1C. The fourth-order valence-electron chi connectivity index (χ4n) is 3.04. The van der Waals surface area contributed by atoms with Crippen molar-refractivity contribution in [3.63, 3.8) is 0 Å². The monoisotopic (exact) mass is 473 g/mol. The summed E-state index contributed by atoms with van der Waals surface area (Å²) in [5.74, 6) is -1.10. The summed E-state index contributed by atoms with van der Waals surface area (Å²) in [7, 11) is -1.38. The van der Waals surface area contributed by atoms with E-state index in [4.69, 9.17) is 0 Å². The minimum absolute atomic E-state index is 0.0833. The van der Waals surface area contributed by atoms with Crippen LogP contribution in [0.15, 0.2) is 41.3 Å². The van der Waals surface area contributed by atoms with Gasteiger partial charge in [-0.3, -0.25) is 14.9 Å². The zero-order chi connectivity index (χ0) is 24.4. The molecule has 2 aromatic carbocycles. The molecule has 2 rings (SSSR count). The van der Waals surface area contributed by atoms with Crippen molar-refractivity contribution in [2.45, 2.75) is 31.5 Å². The highest BCUT2D eigenvalue weighted by molar-refractivity contribution is 7.89. The second-order valence-electron chi connectivity index (χ2n) is 7.37. The van der Waals surface area contributed by atoms with Gasteiger partial charge in [-0.15, -0.1) is 0 Å². The van der Waals surface area contributed by atoms with Gasteiger partial charge in [-0.25, -0.2) is 12.7 Å². The maximum atomic E-state index is 13.2. The smallest absolute Gasteiger partial charge is 0.325 e. The zero-order valence-electron chi connectivity index (χ0n) is 17.8. The van der Waals surface area contributed by atoms with Crippen LogP contribution in [0.25, 0.3) is 0 Å². The molecule has 12 heteroatoms. The number of carbonyl (C=O) groups is 1. The fourth-order valence-corrected chi connectivity index (χ4v) is 4.26. The first kappa shape index (κ1) is 25.3. The molecule has 0 unspecified atom stereocenters. The summed E-state index contributed by atoms with van der Waals surface area (Å²) in [5.41, 5.74) is -0.0230. The Morgan fingerprint density at radius 3 is 2.25 bits per heavy atom. The Bertz CT molecular complexity index is 1150. The van der Waals surface area contributed by atoms with Gasteiger partial charge < -0.3 is 4.90 Å². The first-order valence-electron chi connectivity index (χ1n) is 9.27. The van der Waals surface area contributed by atoms with E-state index < -0.39 is 45.8 Å². The van der Waals surface area contributed by atoms with Gasteiger partial charge in [0, 0.05) is 31.3 Å². The summed E-state index contributed by atoms with van der Waals surface area (Å²) >= 11 is 0. The number of carbonyl (C=O) groups excluding carboxylic acids is 1. The van der Waals surface area contributed by atoms with Gasteiger partial charge in [0.1, 0.15) is 6.54 Å². The summed E-state index contributed by atoms with van der Waals surface area (Å²) in [4.78, 5) is 23.8. The quantitative estimate of drug-likeness (QED) is 0.451. The summed E-state index contributed by atoms with van der Waals surface area (Å²) in [6, 6.07) is 7.49. The number of aryl methyl sites for hydroxylation is 1. The second-order valence-corrected chi connectivity index (χ2v) is 9.49. The first-order chi connectivity index (χ1) is 14.6. The van der Waals surface area contributed by atoms with Gasteiger partial charge in [0.25, 0.3) is 11.6 Å². The maximum Gasteiger partial charge on any atom is 0.406 e. The molecule has 0 aliphatic heterocycles. The van der Waals surface area contributed by atoms with Gasteiger partial charge in [0.2, 0.25) is 10.0 Å². The minimum Gasteiger partial charge on any atom is -0.325 e. The number of halogens is 3. The van der Waals surface area contributed by atoms with Gasteiger partial charge >= 0.3 is 6.18 Å². The molecule has 1 amide bonds. The molecule has 0 spiro atoms. The largest absolute Gasteiger partial charge is 0.406 e. The molecule has 174 valence electrons. The van der Waals surface area contributed by atoms with Gasteiger partial charge in [-0.1, -0.05) is 18.2 Å². The molecule has 0 N–H and O–H groups in total. The van der Waals surface area contributed by atoms with E-state index in [2.05, 4.69) is 0 Å². The summed E-state index contributed by atoms with van der Waals surface area (Å²) < 4.78 is 65.9. The van der Waals surface area contributed by atoms with Crippen LogP contribution in [0.4, 0.5) is 18.9 Å². The van der Waals surface area contributed by atoms with Crippen molar-refractivity contribution in [2.75, 3.05) is 20.6 Å². The number of rotatable bonds is 7.